The highest BCUT2D eigenvalue weighted by molar-refractivity contribution is 8.26. The molecule has 9 heteroatoms. The van der Waals surface area contributed by atoms with Crippen molar-refractivity contribution in [3.8, 4) is 0 Å². The maximum atomic E-state index is 13.2. The molecule has 1 aliphatic heterocycles. The summed E-state index contributed by atoms with van der Waals surface area (Å²) in [6.45, 7) is 7.64. The lowest BCUT2D eigenvalue weighted by atomic mass is 10.2. The Balaban J connectivity index is 2.19. The average Bonchev–Trinajstić information content (AvgIpc) is 2.97. The summed E-state index contributed by atoms with van der Waals surface area (Å²) in [4.78, 5) is 32.3. The van der Waals surface area contributed by atoms with E-state index < -0.39 is 0 Å². The number of aromatic nitrogens is 2. The molecular formula is C20H22N4O3S2. The summed E-state index contributed by atoms with van der Waals surface area (Å²) in [7, 11) is 0. The van der Waals surface area contributed by atoms with Gasteiger partial charge in [0, 0.05) is 12.7 Å². The fourth-order valence-electron chi connectivity index (χ4n) is 2.94. The van der Waals surface area contributed by atoms with E-state index in [1.807, 2.05) is 19.9 Å². The van der Waals surface area contributed by atoms with Crippen LogP contribution in [0.2, 0.25) is 0 Å². The molecule has 0 radical (unpaired) electrons. The normalized spacial score (nSPS) is 16.7. The van der Waals surface area contributed by atoms with Crippen LogP contribution in [0.4, 0.5) is 5.82 Å². The van der Waals surface area contributed by atoms with Crippen LogP contribution in [0.5, 0.6) is 0 Å². The lowest BCUT2D eigenvalue weighted by Crippen LogP contribution is -2.29. The summed E-state index contributed by atoms with van der Waals surface area (Å²) in [6.07, 6.45) is 5.42. The zero-order chi connectivity index (χ0) is 21.1. The van der Waals surface area contributed by atoms with Gasteiger partial charge in [-0.3, -0.25) is 18.9 Å². The Morgan fingerprint density at radius 1 is 1.45 bits per heavy atom. The van der Waals surface area contributed by atoms with E-state index in [2.05, 4.69) is 16.9 Å². The van der Waals surface area contributed by atoms with Crippen molar-refractivity contribution in [2.75, 3.05) is 18.5 Å². The number of aliphatic hydroxyl groups excluding tert-OH is 1. The number of aryl methyl sites for hydroxylation is 1. The first kappa shape index (κ1) is 21.2. The van der Waals surface area contributed by atoms with Crippen LogP contribution in [-0.4, -0.2) is 48.8 Å². The molecule has 3 heterocycles. The molecule has 2 N–H and O–H groups in total. The number of anilines is 1. The fraction of sp³-hybridized carbons (Fsp3) is 0.300. The largest absolute Gasteiger partial charge is 0.394 e. The highest BCUT2D eigenvalue weighted by atomic mass is 32.2. The summed E-state index contributed by atoms with van der Waals surface area (Å²) < 4.78 is 1.87. The number of fused-ring (bicyclic) bond motifs is 1. The lowest BCUT2D eigenvalue weighted by Gasteiger charge is -2.17. The molecule has 0 saturated carbocycles. The van der Waals surface area contributed by atoms with Crippen LogP contribution in [0.1, 0.15) is 24.5 Å². The molecule has 0 spiro atoms. The third-order valence-corrected chi connectivity index (χ3v) is 5.98. The molecule has 0 unspecified atom stereocenters. The summed E-state index contributed by atoms with van der Waals surface area (Å²) in [5, 5.41) is 12.7. The average molecular weight is 431 g/mol. The van der Waals surface area contributed by atoms with E-state index in [9.17, 15) is 14.7 Å². The van der Waals surface area contributed by atoms with Gasteiger partial charge in [0.1, 0.15) is 15.8 Å². The molecule has 3 rings (SSSR count). The minimum Gasteiger partial charge on any atom is -0.394 e. The number of carbonyl (C=O) groups excluding carboxylic acids is 1. The zero-order valence-corrected chi connectivity index (χ0v) is 17.8. The maximum Gasteiger partial charge on any atom is 0.267 e. The smallest absolute Gasteiger partial charge is 0.267 e. The molecule has 1 atom stereocenters. The lowest BCUT2D eigenvalue weighted by molar-refractivity contribution is -0.121. The second kappa shape index (κ2) is 8.89. The van der Waals surface area contributed by atoms with Gasteiger partial charge in [0.05, 0.1) is 23.1 Å². The van der Waals surface area contributed by atoms with Crippen LogP contribution in [0, 0.1) is 6.92 Å². The van der Waals surface area contributed by atoms with Gasteiger partial charge >= 0.3 is 0 Å². The van der Waals surface area contributed by atoms with Crippen LogP contribution < -0.4 is 10.9 Å². The first-order chi connectivity index (χ1) is 13.9. The van der Waals surface area contributed by atoms with E-state index in [4.69, 9.17) is 12.2 Å². The van der Waals surface area contributed by atoms with Gasteiger partial charge in [0.25, 0.3) is 11.5 Å². The van der Waals surface area contributed by atoms with Crippen LogP contribution >= 0.6 is 24.0 Å². The number of nitrogens with one attached hydrogen (secondary N) is 1. The number of hydrogen-bond donors (Lipinski definition) is 2. The van der Waals surface area contributed by atoms with E-state index in [-0.39, 0.29) is 29.7 Å². The van der Waals surface area contributed by atoms with Crippen LogP contribution in [-0.2, 0) is 4.79 Å². The Kier molecular flexibility index (Phi) is 6.51. The Bertz CT molecular complexity index is 1070. The first-order valence-corrected chi connectivity index (χ1v) is 10.4. The summed E-state index contributed by atoms with van der Waals surface area (Å²) in [6, 6.07) is 3.37. The van der Waals surface area contributed by atoms with Gasteiger partial charge in [0.15, 0.2) is 0 Å². The van der Waals surface area contributed by atoms with Crippen LogP contribution in [0.15, 0.2) is 40.7 Å². The Hall–Kier alpha value is -2.49. The van der Waals surface area contributed by atoms with Crippen molar-refractivity contribution >= 4 is 51.7 Å². The van der Waals surface area contributed by atoms with Crippen LogP contribution in [0.25, 0.3) is 11.7 Å². The van der Waals surface area contributed by atoms with Gasteiger partial charge in [-0.05, 0) is 31.1 Å². The molecule has 29 heavy (non-hydrogen) atoms. The van der Waals surface area contributed by atoms with Gasteiger partial charge in [-0.15, -0.1) is 6.58 Å². The summed E-state index contributed by atoms with van der Waals surface area (Å²) in [5.41, 5.74) is 1.31. The second-order valence-corrected chi connectivity index (χ2v) is 8.25. The zero-order valence-electron chi connectivity index (χ0n) is 16.2. The summed E-state index contributed by atoms with van der Waals surface area (Å²) in [5.74, 6) is 0.0629. The van der Waals surface area contributed by atoms with Crippen molar-refractivity contribution in [3.05, 3.63) is 57.4 Å². The SMILES string of the molecule is C=CCN1C(=O)/C(=C\c2c(N[C@@H](CC)CO)nc3c(C)cccn3c2=O)SC1=S. The summed E-state index contributed by atoms with van der Waals surface area (Å²) >= 11 is 6.42. The third kappa shape index (κ3) is 4.12. The van der Waals surface area contributed by atoms with Gasteiger partial charge in [-0.25, -0.2) is 4.98 Å². The number of thiocarbonyl (C=S) groups is 1. The number of pyridine rings is 1. The van der Waals surface area contributed by atoms with E-state index in [0.29, 0.717) is 33.7 Å². The van der Waals surface area contributed by atoms with Gasteiger partial charge < -0.3 is 10.4 Å². The number of rotatable bonds is 7. The Morgan fingerprint density at radius 2 is 2.21 bits per heavy atom. The fourth-order valence-corrected chi connectivity index (χ4v) is 4.20. The molecule has 1 fully saturated rings. The number of aliphatic hydroxyl groups is 1. The molecule has 152 valence electrons. The second-order valence-electron chi connectivity index (χ2n) is 6.58. The number of carbonyl (C=O) groups is 1. The number of nitrogens with zero attached hydrogens (tertiary/aromatic N) is 3. The molecule has 0 bridgehead atoms. The minimum atomic E-state index is -0.303. The van der Waals surface area contributed by atoms with Crippen molar-refractivity contribution in [1.29, 1.82) is 0 Å². The minimum absolute atomic E-state index is 0.105. The topological polar surface area (TPSA) is 86.9 Å². The van der Waals surface area contributed by atoms with Gasteiger partial charge in [-0.2, -0.15) is 0 Å². The number of amides is 1. The molecule has 7 nitrogen and oxygen atoms in total. The van der Waals surface area contributed by atoms with E-state index in [0.717, 1.165) is 17.3 Å². The van der Waals surface area contributed by atoms with E-state index in [1.165, 1.54) is 15.4 Å². The molecular weight excluding hydrogens is 408 g/mol. The molecule has 1 aliphatic rings. The monoisotopic (exact) mass is 430 g/mol. The van der Waals surface area contributed by atoms with Crippen LogP contribution in [0.3, 0.4) is 0 Å². The van der Waals surface area contributed by atoms with Crippen molar-refractivity contribution in [1.82, 2.24) is 14.3 Å². The van der Waals surface area contributed by atoms with Crippen molar-refractivity contribution in [3.63, 3.8) is 0 Å². The van der Waals surface area contributed by atoms with Crippen molar-refractivity contribution in [2.24, 2.45) is 0 Å². The highest BCUT2D eigenvalue weighted by Gasteiger charge is 2.32. The third-order valence-electron chi connectivity index (χ3n) is 4.60. The molecule has 2 aromatic rings. The molecule has 1 amide bonds. The molecule has 2 aromatic heterocycles. The van der Waals surface area contributed by atoms with Crippen molar-refractivity contribution in [2.45, 2.75) is 26.3 Å². The standard InChI is InChI=1S/C20H22N4O3S2/c1-4-8-24-19(27)15(29-20(24)28)10-14-16(21-13(5-2)11-25)22-17-12(3)7-6-9-23(17)18(14)26/h4,6-7,9-10,13,21,25H,1,5,8,11H2,2-3H3/b15-10+/t13-/m0/s1. The van der Waals surface area contributed by atoms with Gasteiger partial charge in [0.2, 0.25) is 0 Å². The molecule has 0 aromatic carbocycles. The molecule has 1 saturated heterocycles. The van der Waals surface area contributed by atoms with Crippen molar-refractivity contribution < 1.29 is 9.90 Å². The first-order valence-electron chi connectivity index (χ1n) is 9.16. The number of hydrogen-bond acceptors (Lipinski definition) is 7. The highest BCUT2D eigenvalue weighted by Crippen LogP contribution is 2.33. The Labute approximate surface area is 178 Å². The van der Waals surface area contributed by atoms with E-state index >= 15 is 0 Å². The van der Waals surface area contributed by atoms with E-state index in [1.54, 1.807) is 18.3 Å². The predicted octanol–water partition coefficient (Wildman–Crippen LogP) is 2.57. The molecule has 0 aliphatic carbocycles. The number of thioether (sulfide) groups is 1. The maximum absolute atomic E-state index is 13.2. The quantitative estimate of drug-likeness (QED) is 0.397. The van der Waals surface area contributed by atoms with Gasteiger partial charge in [-0.1, -0.05) is 43.0 Å². The Morgan fingerprint density at radius 3 is 2.86 bits per heavy atom. The predicted molar refractivity (Wildman–Crippen MR) is 121 cm³/mol.